The molecule has 0 unspecified atom stereocenters. The molecular weight excluding hydrogens is 403 g/mol. The standard InChI is InChI=1S/C20H14Cl2N2O4/c21-13-7-1-5-11-17(13)27-19(25)23-15-9-3-4-10-16(15)24-20(26)28-18-12-6-2-8-14(18)22/h1-12H,(H,23,25)(H,24,26). The van der Waals surface area contributed by atoms with Crippen LogP contribution in [0.1, 0.15) is 0 Å². The molecule has 3 aromatic carbocycles. The van der Waals surface area contributed by atoms with Gasteiger partial charge in [0.15, 0.2) is 11.5 Å². The van der Waals surface area contributed by atoms with Crippen molar-refractivity contribution in [2.45, 2.75) is 0 Å². The Morgan fingerprint density at radius 3 is 1.36 bits per heavy atom. The van der Waals surface area contributed by atoms with Crippen LogP contribution in [0, 0.1) is 0 Å². The average Bonchev–Trinajstić information content (AvgIpc) is 2.67. The van der Waals surface area contributed by atoms with Crippen molar-refractivity contribution in [3.05, 3.63) is 82.8 Å². The van der Waals surface area contributed by atoms with Crippen molar-refractivity contribution in [3.63, 3.8) is 0 Å². The number of nitrogens with one attached hydrogen (secondary N) is 2. The molecule has 0 aliphatic rings. The second kappa shape index (κ2) is 9.12. The lowest BCUT2D eigenvalue weighted by atomic mass is 10.2. The minimum absolute atomic E-state index is 0.213. The maximum absolute atomic E-state index is 12.2. The topological polar surface area (TPSA) is 76.7 Å². The summed E-state index contributed by atoms with van der Waals surface area (Å²) in [5.41, 5.74) is 0.631. The van der Waals surface area contributed by atoms with E-state index in [9.17, 15) is 9.59 Å². The summed E-state index contributed by atoms with van der Waals surface area (Å²) in [7, 11) is 0. The van der Waals surface area contributed by atoms with Gasteiger partial charge in [0.2, 0.25) is 0 Å². The van der Waals surface area contributed by atoms with Gasteiger partial charge in [-0.05, 0) is 36.4 Å². The first kappa shape index (κ1) is 19.5. The Kier molecular flexibility index (Phi) is 6.37. The Morgan fingerprint density at radius 1 is 0.607 bits per heavy atom. The smallest absolute Gasteiger partial charge is 0.409 e. The van der Waals surface area contributed by atoms with Gasteiger partial charge in [0.05, 0.1) is 21.4 Å². The number of ether oxygens (including phenoxy) is 2. The molecule has 3 aromatic rings. The minimum atomic E-state index is -0.762. The second-order valence-electron chi connectivity index (χ2n) is 5.44. The number of hydrogen-bond donors (Lipinski definition) is 2. The third-order valence-electron chi connectivity index (χ3n) is 3.48. The van der Waals surface area contributed by atoms with E-state index in [2.05, 4.69) is 10.6 Å². The highest BCUT2D eigenvalue weighted by Gasteiger charge is 2.13. The largest absolute Gasteiger partial charge is 0.417 e. The van der Waals surface area contributed by atoms with Crippen LogP contribution in [-0.4, -0.2) is 12.2 Å². The molecule has 0 bridgehead atoms. The summed E-state index contributed by atoms with van der Waals surface area (Å²) in [5, 5.41) is 5.70. The molecule has 0 saturated heterocycles. The van der Waals surface area contributed by atoms with Crippen LogP contribution in [0.5, 0.6) is 11.5 Å². The third kappa shape index (κ3) is 5.16. The number of para-hydroxylation sites is 4. The van der Waals surface area contributed by atoms with E-state index in [0.29, 0.717) is 21.4 Å². The predicted molar refractivity (Wildman–Crippen MR) is 109 cm³/mol. The zero-order valence-corrected chi connectivity index (χ0v) is 15.8. The predicted octanol–water partition coefficient (Wildman–Crippen LogP) is 6.22. The Balaban J connectivity index is 1.67. The first-order valence-electron chi connectivity index (χ1n) is 8.08. The second-order valence-corrected chi connectivity index (χ2v) is 6.25. The van der Waals surface area contributed by atoms with E-state index < -0.39 is 12.2 Å². The van der Waals surface area contributed by atoms with Gasteiger partial charge in [-0.1, -0.05) is 59.6 Å². The number of carbonyl (C=O) groups excluding carboxylic acids is 2. The molecule has 0 radical (unpaired) electrons. The first-order valence-corrected chi connectivity index (χ1v) is 8.84. The molecule has 142 valence electrons. The SMILES string of the molecule is O=C(Nc1ccccc1NC(=O)Oc1ccccc1Cl)Oc1ccccc1Cl. The van der Waals surface area contributed by atoms with Crippen molar-refractivity contribution in [1.82, 2.24) is 0 Å². The Morgan fingerprint density at radius 2 is 0.964 bits per heavy atom. The van der Waals surface area contributed by atoms with Gasteiger partial charge in [0.25, 0.3) is 0 Å². The van der Waals surface area contributed by atoms with Crippen LogP contribution >= 0.6 is 23.2 Å². The molecule has 8 heteroatoms. The number of hydrogen-bond acceptors (Lipinski definition) is 4. The quantitative estimate of drug-likeness (QED) is 0.529. The average molecular weight is 417 g/mol. The van der Waals surface area contributed by atoms with Crippen LogP contribution in [-0.2, 0) is 0 Å². The monoisotopic (exact) mass is 416 g/mol. The van der Waals surface area contributed by atoms with E-state index in [4.69, 9.17) is 32.7 Å². The van der Waals surface area contributed by atoms with E-state index in [0.717, 1.165) is 0 Å². The number of anilines is 2. The van der Waals surface area contributed by atoms with E-state index in [-0.39, 0.29) is 11.5 Å². The summed E-state index contributed by atoms with van der Waals surface area (Å²) in [5.74, 6) is 0.426. The highest BCUT2D eigenvalue weighted by Crippen LogP contribution is 2.27. The van der Waals surface area contributed by atoms with Crippen molar-refractivity contribution in [2.24, 2.45) is 0 Å². The summed E-state index contributed by atoms with van der Waals surface area (Å²) in [6, 6.07) is 19.7. The summed E-state index contributed by atoms with van der Waals surface area (Å²) in [4.78, 5) is 24.3. The zero-order valence-electron chi connectivity index (χ0n) is 14.3. The van der Waals surface area contributed by atoms with Crippen molar-refractivity contribution >= 4 is 46.8 Å². The van der Waals surface area contributed by atoms with Gasteiger partial charge < -0.3 is 9.47 Å². The van der Waals surface area contributed by atoms with Crippen LogP contribution in [0.15, 0.2) is 72.8 Å². The van der Waals surface area contributed by atoms with Gasteiger partial charge in [0, 0.05) is 0 Å². The fourth-order valence-electron chi connectivity index (χ4n) is 2.23. The fraction of sp³-hybridized carbons (Fsp3) is 0. The lowest BCUT2D eigenvalue weighted by Gasteiger charge is -2.13. The highest BCUT2D eigenvalue weighted by atomic mass is 35.5. The lowest BCUT2D eigenvalue weighted by molar-refractivity contribution is 0.213. The first-order chi connectivity index (χ1) is 13.5. The molecule has 0 fully saturated rings. The highest BCUT2D eigenvalue weighted by molar-refractivity contribution is 6.32. The molecule has 0 atom stereocenters. The molecule has 0 aliphatic heterocycles. The lowest BCUT2D eigenvalue weighted by Crippen LogP contribution is -2.21. The molecule has 2 amide bonds. The third-order valence-corrected chi connectivity index (χ3v) is 4.10. The van der Waals surface area contributed by atoms with Gasteiger partial charge in [-0.25, -0.2) is 9.59 Å². The van der Waals surface area contributed by atoms with Crippen molar-refractivity contribution in [2.75, 3.05) is 10.6 Å². The van der Waals surface area contributed by atoms with Crippen LogP contribution in [0.2, 0.25) is 10.0 Å². The molecule has 6 nitrogen and oxygen atoms in total. The van der Waals surface area contributed by atoms with Crippen molar-refractivity contribution in [1.29, 1.82) is 0 Å². The fourth-order valence-corrected chi connectivity index (χ4v) is 2.58. The maximum Gasteiger partial charge on any atom is 0.417 e. The number of benzene rings is 3. The molecular formula is C20H14Cl2N2O4. The van der Waals surface area contributed by atoms with Crippen LogP contribution < -0.4 is 20.1 Å². The van der Waals surface area contributed by atoms with E-state index >= 15 is 0 Å². The molecule has 0 aliphatic carbocycles. The van der Waals surface area contributed by atoms with Crippen LogP contribution in [0.3, 0.4) is 0 Å². The molecule has 3 rings (SSSR count). The molecule has 28 heavy (non-hydrogen) atoms. The number of halogens is 2. The Hall–Kier alpha value is -3.22. The van der Waals surface area contributed by atoms with Crippen LogP contribution in [0.25, 0.3) is 0 Å². The Bertz CT molecular complexity index is 930. The van der Waals surface area contributed by atoms with Gasteiger partial charge in [-0.2, -0.15) is 0 Å². The van der Waals surface area contributed by atoms with E-state index in [1.54, 1.807) is 72.8 Å². The normalized spacial score (nSPS) is 10.1. The van der Waals surface area contributed by atoms with Gasteiger partial charge in [-0.15, -0.1) is 0 Å². The minimum Gasteiger partial charge on any atom is -0.409 e. The van der Waals surface area contributed by atoms with Crippen LogP contribution in [0.4, 0.5) is 21.0 Å². The van der Waals surface area contributed by atoms with Crippen molar-refractivity contribution in [3.8, 4) is 11.5 Å². The maximum atomic E-state index is 12.2. The molecule has 2 N–H and O–H groups in total. The Labute approximate surface area is 171 Å². The zero-order chi connectivity index (χ0) is 19.9. The molecule has 0 aromatic heterocycles. The molecule has 0 saturated carbocycles. The van der Waals surface area contributed by atoms with E-state index in [1.165, 1.54) is 0 Å². The van der Waals surface area contributed by atoms with Gasteiger partial charge in [0.1, 0.15) is 0 Å². The van der Waals surface area contributed by atoms with Crippen molar-refractivity contribution < 1.29 is 19.1 Å². The number of carbonyl (C=O) groups is 2. The molecule has 0 spiro atoms. The summed E-state index contributed by atoms with van der Waals surface area (Å²) in [6.45, 7) is 0. The van der Waals surface area contributed by atoms with E-state index in [1.807, 2.05) is 0 Å². The molecule has 0 heterocycles. The summed E-state index contributed by atoms with van der Waals surface area (Å²) in [6.07, 6.45) is -1.52. The van der Waals surface area contributed by atoms with Gasteiger partial charge in [-0.3, -0.25) is 10.6 Å². The number of amides is 2. The summed E-state index contributed by atoms with van der Waals surface area (Å²) >= 11 is 11.9. The number of rotatable bonds is 4. The summed E-state index contributed by atoms with van der Waals surface area (Å²) < 4.78 is 10.4. The van der Waals surface area contributed by atoms with Gasteiger partial charge >= 0.3 is 12.2 Å².